The SMILES string of the molecule is CCOc1ccc2nc(C=O)cc(C)c2c1. The number of hydrogen-bond acceptors (Lipinski definition) is 3. The first kappa shape index (κ1) is 10.6. The number of fused-ring (bicyclic) bond motifs is 1. The van der Waals surface area contributed by atoms with Crippen molar-refractivity contribution in [3.05, 3.63) is 35.5 Å². The molecule has 1 heterocycles. The van der Waals surface area contributed by atoms with E-state index in [1.54, 1.807) is 6.07 Å². The number of ether oxygens (including phenoxy) is 1. The Labute approximate surface area is 94.1 Å². The Bertz CT molecular complexity index is 535. The van der Waals surface area contributed by atoms with E-state index >= 15 is 0 Å². The number of carbonyl (C=O) groups excluding carboxylic acids is 1. The molecule has 0 fully saturated rings. The lowest BCUT2D eigenvalue weighted by Gasteiger charge is -2.06. The van der Waals surface area contributed by atoms with Gasteiger partial charge in [-0.1, -0.05) is 0 Å². The Hall–Kier alpha value is -1.90. The molecule has 3 nitrogen and oxygen atoms in total. The van der Waals surface area contributed by atoms with Gasteiger partial charge < -0.3 is 4.74 Å². The summed E-state index contributed by atoms with van der Waals surface area (Å²) in [5.74, 6) is 0.832. The third-order valence-electron chi connectivity index (χ3n) is 2.44. The molecule has 0 spiro atoms. The van der Waals surface area contributed by atoms with E-state index in [1.807, 2.05) is 32.0 Å². The van der Waals surface area contributed by atoms with Gasteiger partial charge in [0.25, 0.3) is 0 Å². The fraction of sp³-hybridized carbons (Fsp3) is 0.231. The van der Waals surface area contributed by atoms with Gasteiger partial charge in [-0.05, 0) is 43.7 Å². The highest BCUT2D eigenvalue weighted by molar-refractivity contribution is 5.87. The number of carbonyl (C=O) groups is 1. The zero-order chi connectivity index (χ0) is 11.5. The molecule has 0 aliphatic heterocycles. The number of rotatable bonds is 3. The van der Waals surface area contributed by atoms with E-state index in [1.165, 1.54) is 0 Å². The summed E-state index contributed by atoms with van der Waals surface area (Å²) in [5, 5.41) is 1.02. The molecule has 2 aromatic rings. The lowest BCUT2D eigenvalue weighted by atomic mass is 10.1. The molecule has 82 valence electrons. The molecule has 0 aliphatic carbocycles. The van der Waals surface area contributed by atoms with Gasteiger partial charge in [0, 0.05) is 5.39 Å². The minimum Gasteiger partial charge on any atom is -0.494 e. The zero-order valence-electron chi connectivity index (χ0n) is 9.36. The van der Waals surface area contributed by atoms with Gasteiger partial charge in [0.05, 0.1) is 12.1 Å². The van der Waals surface area contributed by atoms with Gasteiger partial charge >= 0.3 is 0 Å². The van der Waals surface area contributed by atoms with Crippen LogP contribution in [0.4, 0.5) is 0 Å². The third-order valence-corrected chi connectivity index (χ3v) is 2.44. The van der Waals surface area contributed by atoms with E-state index in [-0.39, 0.29) is 0 Å². The average molecular weight is 215 g/mol. The van der Waals surface area contributed by atoms with Crippen LogP contribution in [0, 0.1) is 6.92 Å². The molecule has 0 saturated heterocycles. The number of pyridine rings is 1. The van der Waals surface area contributed by atoms with E-state index in [0.29, 0.717) is 12.3 Å². The molecule has 2 rings (SSSR count). The second-order valence-electron chi connectivity index (χ2n) is 3.59. The molecular weight excluding hydrogens is 202 g/mol. The van der Waals surface area contributed by atoms with Crippen LogP contribution < -0.4 is 4.74 Å². The Morgan fingerprint density at radius 3 is 2.88 bits per heavy atom. The summed E-state index contributed by atoms with van der Waals surface area (Å²) in [6.07, 6.45) is 0.767. The first-order valence-electron chi connectivity index (χ1n) is 5.24. The lowest BCUT2D eigenvalue weighted by Crippen LogP contribution is -1.94. The molecular formula is C13H13NO2. The van der Waals surface area contributed by atoms with Gasteiger partial charge in [-0.25, -0.2) is 4.98 Å². The first-order chi connectivity index (χ1) is 7.74. The predicted octanol–water partition coefficient (Wildman–Crippen LogP) is 2.75. The van der Waals surface area contributed by atoms with Crippen molar-refractivity contribution >= 4 is 17.2 Å². The Kier molecular flexibility index (Phi) is 2.86. The summed E-state index contributed by atoms with van der Waals surface area (Å²) in [5.41, 5.74) is 2.33. The van der Waals surface area contributed by atoms with Gasteiger partial charge in [0.2, 0.25) is 0 Å². The van der Waals surface area contributed by atoms with Crippen LogP contribution >= 0.6 is 0 Å². The van der Waals surface area contributed by atoms with Crippen LogP contribution in [0.2, 0.25) is 0 Å². The largest absolute Gasteiger partial charge is 0.494 e. The van der Waals surface area contributed by atoms with Crippen molar-refractivity contribution in [2.24, 2.45) is 0 Å². The number of aldehydes is 1. The fourth-order valence-corrected chi connectivity index (χ4v) is 1.72. The first-order valence-corrected chi connectivity index (χ1v) is 5.24. The average Bonchev–Trinajstić information content (AvgIpc) is 2.30. The third kappa shape index (κ3) is 1.89. The Balaban J connectivity index is 2.60. The van der Waals surface area contributed by atoms with Crippen molar-refractivity contribution in [3.8, 4) is 5.75 Å². The van der Waals surface area contributed by atoms with Crippen LogP contribution in [0.3, 0.4) is 0 Å². The maximum Gasteiger partial charge on any atom is 0.168 e. The topological polar surface area (TPSA) is 39.2 Å². The molecule has 1 aromatic heterocycles. The highest BCUT2D eigenvalue weighted by atomic mass is 16.5. The van der Waals surface area contributed by atoms with Gasteiger partial charge in [0.15, 0.2) is 6.29 Å². The van der Waals surface area contributed by atoms with Crippen molar-refractivity contribution in [2.75, 3.05) is 6.61 Å². The quantitative estimate of drug-likeness (QED) is 0.739. The summed E-state index contributed by atoms with van der Waals surface area (Å²) < 4.78 is 5.43. The predicted molar refractivity (Wildman–Crippen MR) is 63.0 cm³/mol. The molecule has 0 radical (unpaired) electrons. The van der Waals surface area contributed by atoms with E-state index in [0.717, 1.165) is 28.5 Å². The summed E-state index contributed by atoms with van der Waals surface area (Å²) >= 11 is 0. The molecule has 0 saturated carbocycles. The van der Waals surface area contributed by atoms with Gasteiger partial charge in [-0.2, -0.15) is 0 Å². The van der Waals surface area contributed by atoms with Crippen molar-refractivity contribution in [3.63, 3.8) is 0 Å². The van der Waals surface area contributed by atoms with Crippen molar-refractivity contribution in [1.82, 2.24) is 4.98 Å². The minimum absolute atomic E-state index is 0.467. The Morgan fingerprint density at radius 1 is 1.38 bits per heavy atom. The summed E-state index contributed by atoms with van der Waals surface area (Å²) in [6.45, 7) is 4.56. The van der Waals surface area contributed by atoms with Crippen LogP contribution in [-0.2, 0) is 0 Å². The van der Waals surface area contributed by atoms with Crippen LogP contribution in [0.25, 0.3) is 10.9 Å². The lowest BCUT2D eigenvalue weighted by molar-refractivity contribution is 0.111. The smallest absolute Gasteiger partial charge is 0.168 e. The number of aromatic nitrogens is 1. The molecule has 1 aromatic carbocycles. The molecule has 0 N–H and O–H groups in total. The number of aryl methyl sites for hydroxylation is 1. The molecule has 0 bridgehead atoms. The second kappa shape index (κ2) is 4.31. The van der Waals surface area contributed by atoms with Gasteiger partial charge in [0.1, 0.15) is 11.4 Å². The van der Waals surface area contributed by atoms with Crippen LogP contribution in [0.15, 0.2) is 24.3 Å². The van der Waals surface area contributed by atoms with E-state index in [4.69, 9.17) is 4.74 Å². The zero-order valence-corrected chi connectivity index (χ0v) is 9.36. The highest BCUT2D eigenvalue weighted by Gasteiger charge is 2.03. The van der Waals surface area contributed by atoms with Crippen LogP contribution in [0.5, 0.6) is 5.75 Å². The molecule has 0 aliphatic rings. The normalized spacial score (nSPS) is 10.4. The number of nitrogens with zero attached hydrogens (tertiary/aromatic N) is 1. The molecule has 0 unspecified atom stereocenters. The summed E-state index contributed by atoms with van der Waals surface area (Å²) in [6, 6.07) is 7.48. The van der Waals surface area contributed by atoms with Crippen molar-refractivity contribution in [1.29, 1.82) is 0 Å². The maximum absolute atomic E-state index is 10.7. The Morgan fingerprint density at radius 2 is 2.19 bits per heavy atom. The molecule has 0 atom stereocenters. The van der Waals surface area contributed by atoms with E-state index < -0.39 is 0 Å². The summed E-state index contributed by atoms with van der Waals surface area (Å²) in [4.78, 5) is 14.9. The van der Waals surface area contributed by atoms with Gasteiger partial charge in [-0.3, -0.25) is 4.79 Å². The monoisotopic (exact) mass is 215 g/mol. The van der Waals surface area contributed by atoms with Crippen LogP contribution in [-0.4, -0.2) is 17.9 Å². The molecule has 16 heavy (non-hydrogen) atoms. The van der Waals surface area contributed by atoms with Crippen molar-refractivity contribution < 1.29 is 9.53 Å². The maximum atomic E-state index is 10.7. The summed E-state index contributed by atoms with van der Waals surface area (Å²) in [7, 11) is 0. The van der Waals surface area contributed by atoms with E-state index in [9.17, 15) is 4.79 Å². The van der Waals surface area contributed by atoms with Crippen LogP contribution in [0.1, 0.15) is 23.0 Å². The second-order valence-corrected chi connectivity index (χ2v) is 3.59. The number of hydrogen-bond donors (Lipinski definition) is 0. The van der Waals surface area contributed by atoms with E-state index in [2.05, 4.69) is 4.98 Å². The fourth-order valence-electron chi connectivity index (χ4n) is 1.72. The number of benzene rings is 1. The van der Waals surface area contributed by atoms with Gasteiger partial charge in [-0.15, -0.1) is 0 Å². The molecule has 0 amide bonds. The minimum atomic E-state index is 0.467. The standard InChI is InChI=1S/C13H13NO2/c1-3-16-11-4-5-13-12(7-11)9(2)6-10(8-15)14-13/h4-8H,3H2,1-2H3. The molecule has 3 heteroatoms. The highest BCUT2D eigenvalue weighted by Crippen LogP contribution is 2.22. The van der Waals surface area contributed by atoms with Crippen molar-refractivity contribution in [2.45, 2.75) is 13.8 Å².